The van der Waals surface area contributed by atoms with Crippen LogP contribution in [0.1, 0.15) is 52.7 Å². The van der Waals surface area contributed by atoms with Crippen molar-refractivity contribution in [2.24, 2.45) is 0 Å². The third-order valence-electron chi connectivity index (χ3n) is 14.0. The van der Waals surface area contributed by atoms with E-state index in [1.165, 1.54) is 38.6 Å². The summed E-state index contributed by atoms with van der Waals surface area (Å²) in [6, 6.07) is 77.2. The second-order valence-electron chi connectivity index (χ2n) is 20.5. The monoisotopic (exact) mass is 891 g/mol. The van der Waals surface area contributed by atoms with Crippen LogP contribution in [0.25, 0.3) is 99.2 Å². The Bertz CT molecular complexity index is 3890. The molecule has 69 heavy (non-hydrogen) atoms. The number of furan rings is 2. The van der Waals surface area contributed by atoms with Crippen LogP contribution in [0.5, 0.6) is 0 Å². The van der Waals surface area contributed by atoms with E-state index in [-0.39, 0.29) is 10.8 Å². The molecule has 334 valence electrons. The number of anilines is 3. The average molecular weight is 892 g/mol. The Labute approximate surface area is 403 Å². The molecule has 0 aliphatic rings. The molecule has 0 bridgehead atoms. The van der Waals surface area contributed by atoms with Crippen molar-refractivity contribution < 1.29 is 8.83 Å². The van der Waals surface area contributed by atoms with Crippen molar-refractivity contribution in [2.75, 3.05) is 4.90 Å². The summed E-state index contributed by atoms with van der Waals surface area (Å²) in [6.45, 7) is 13.9. The van der Waals surface area contributed by atoms with Gasteiger partial charge in [0.2, 0.25) is 0 Å². The summed E-state index contributed by atoms with van der Waals surface area (Å²) in [5, 5.41) is 6.94. The van der Waals surface area contributed by atoms with E-state index in [2.05, 4.69) is 241 Å². The van der Waals surface area contributed by atoms with Gasteiger partial charge >= 0.3 is 0 Å². The van der Waals surface area contributed by atoms with Gasteiger partial charge in [0, 0.05) is 38.5 Å². The lowest BCUT2D eigenvalue weighted by molar-refractivity contribution is 0.569. The molecule has 12 aromatic rings. The SMILES string of the molecule is CC(C)(C)c1cc(-c2cccc3cccc(-c4ccccc4N(c4ccc(-c5ccc6c(c5)oc5ccccc56)cc4)c4cccc(-c5cccc6oc7ccccc7c56)c4)c23)cc(C(C)(C)C)c1. The lowest BCUT2D eigenvalue weighted by Gasteiger charge is -2.29. The molecule has 2 heterocycles. The van der Waals surface area contributed by atoms with E-state index in [0.717, 1.165) is 88.8 Å². The molecular weight excluding hydrogens is 839 g/mol. The van der Waals surface area contributed by atoms with Crippen molar-refractivity contribution in [1.29, 1.82) is 0 Å². The van der Waals surface area contributed by atoms with Gasteiger partial charge in [-0.1, -0.05) is 193 Å². The van der Waals surface area contributed by atoms with E-state index in [4.69, 9.17) is 8.83 Å². The Morgan fingerprint density at radius 1 is 0.319 bits per heavy atom. The largest absolute Gasteiger partial charge is 0.456 e. The van der Waals surface area contributed by atoms with E-state index < -0.39 is 0 Å². The summed E-state index contributed by atoms with van der Waals surface area (Å²) >= 11 is 0. The third-order valence-corrected chi connectivity index (χ3v) is 14.0. The maximum atomic E-state index is 6.39. The first-order valence-corrected chi connectivity index (χ1v) is 24.1. The number of hydrogen-bond acceptors (Lipinski definition) is 3. The zero-order chi connectivity index (χ0) is 47.0. The number of nitrogens with zero attached hydrogens (tertiary/aromatic N) is 1. The van der Waals surface area contributed by atoms with E-state index in [1.807, 2.05) is 18.2 Å². The molecule has 0 radical (unpaired) electrons. The minimum Gasteiger partial charge on any atom is -0.456 e. The van der Waals surface area contributed by atoms with Crippen LogP contribution in [0.4, 0.5) is 17.1 Å². The number of benzene rings is 10. The van der Waals surface area contributed by atoms with Crippen molar-refractivity contribution in [3.05, 3.63) is 223 Å². The fourth-order valence-corrected chi connectivity index (χ4v) is 10.3. The molecule has 0 unspecified atom stereocenters. The summed E-state index contributed by atoms with van der Waals surface area (Å²) in [6.07, 6.45) is 0. The zero-order valence-electron chi connectivity index (χ0n) is 40.0. The van der Waals surface area contributed by atoms with Gasteiger partial charge in [0.15, 0.2) is 0 Å². The number of rotatable bonds is 7. The Kier molecular flexibility index (Phi) is 9.97. The van der Waals surface area contributed by atoms with E-state index in [1.54, 1.807) is 0 Å². The van der Waals surface area contributed by atoms with Crippen LogP contribution in [0.2, 0.25) is 0 Å². The van der Waals surface area contributed by atoms with Gasteiger partial charge in [-0.15, -0.1) is 0 Å². The van der Waals surface area contributed by atoms with Gasteiger partial charge in [0.05, 0.1) is 5.69 Å². The van der Waals surface area contributed by atoms with Gasteiger partial charge in [-0.3, -0.25) is 0 Å². The van der Waals surface area contributed by atoms with Crippen molar-refractivity contribution in [1.82, 2.24) is 0 Å². The van der Waals surface area contributed by atoms with E-state index >= 15 is 0 Å². The average Bonchev–Trinajstić information content (AvgIpc) is 3.94. The second kappa shape index (κ2) is 16.3. The highest BCUT2D eigenvalue weighted by atomic mass is 16.3. The molecule has 2 aromatic heterocycles. The number of para-hydroxylation sites is 3. The normalized spacial score (nSPS) is 12.2. The van der Waals surface area contributed by atoms with Gasteiger partial charge < -0.3 is 13.7 Å². The number of fused-ring (bicyclic) bond motifs is 7. The second-order valence-corrected chi connectivity index (χ2v) is 20.5. The molecule has 0 fully saturated rings. The molecule has 0 aliphatic heterocycles. The van der Waals surface area contributed by atoms with Crippen LogP contribution in [0.15, 0.2) is 221 Å². The van der Waals surface area contributed by atoms with Gasteiger partial charge in [-0.2, -0.15) is 0 Å². The van der Waals surface area contributed by atoms with Gasteiger partial charge in [-0.25, -0.2) is 0 Å². The summed E-state index contributed by atoms with van der Waals surface area (Å²) in [5.74, 6) is 0. The first kappa shape index (κ1) is 42.2. The zero-order valence-corrected chi connectivity index (χ0v) is 40.0. The highest BCUT2D eigenvalue weighted by Crippen LogP contribution is 2.47. The molecule has 0 atom stereocenters. The highest BCUT2D eigenvalue weighted by Gasteiger charge is 2.24. The molecule has 0 N–H and O–H groups in total. The third kappa shape index (κ3) is 7.46. The maximum Gasteiger partial charge on any atom is 0.136 e. The Morgan fingerprint density at radius 2 is 0.870 bits per heavy atom. The molecular formula is C66H53NO2. The molecule has 3 heteroatoms. The Hall–Kier alpha value is -8.14. The van der Waals surface area contributed by atoms with Crippen LogP contribution < -0.4 is 4.90 Å². The van der Waals surface area contributed by atoms with Crippen molar-refractivity contribution in [2.45, 2.75) is 52.4 Å². The topological polar surface area (TPSA) is 29.5 Å². The summed E-state index contributed by atoms with van der Waals surface area (Å²) in [7, 11) is 0. The van der Waals surface area contributed by atoms with Crippen LogP contribution in [-0.4, -0.2) is 0 Å². The van der Waals surface area contributed by atoms with E-state index in [0.29, 0.717) is 0 Å². The molecule has 0 saturated carbocycles. The fraction of sp³-hybridized carbons (Fsp3) is 0.121. The quantitative estimate of drug-likeness (QED) is 0.160. The maximum absolute atomic E-state index is 6.39. The fourth-order valence-electron chi connectivity index (χ4n) is 10.3. The molecule has 3 nitrogen and oxygen atoms in total. The summed E-state index contributed by atoms with van der Waals surface area (Å²) < 4.78 is 12.7. The van der Waals surface area contributed by atoms with E-state index in [9.17, 15) is 0 Å². The van der Waals surface area contributed by atoms with Crippen molar-refractivity contribution in [3.8, 4) is 44.5 Å². The first-order valence-electron chi connectivity index (χ1n) is 24.1. The van der Waals surface area contributed by atoms with Crippen LogP contribution in [0.3, 0.4) is 0 Å². The van der Waals surface area contributed by atoms with Gasteiger partial charge in [-0.05, 0) is 132 Å². The standard InChI is InChI=1S/C66H53NO2/c1-65(2,3)47-37-46(38-48(41-47)66(4,5)6)52-24-14-17-43-18-15-26-56(63(43)52)53-21-7-10-27-58(53)67(49-34-31-42(32-35-49)44-33-36-55-54-22-8-11-28-59(54)69-62(55)40-44)50-20-13-19-45(39-50)51-25-16-30-61-64(51)57-23-9-12-29-60(57)68-61/h7-41H,1-6H3. The van der Waals surface area contributed by atoms with Crippen LogP contribution >= 0.6 is 0 Å². The summed E-state index contributed by atoms with van der Waals surface area (Å²) in [5.41, 5.74) is 18.7. The predicted molar refractivity (Wildman–Crippen MR) is 292 cm³/mol. The lowest BCUT2D eigenvalue weighted by atomic mass is 9.78. The minimum absolute atomic E-state index is 0.0168. The van der Waals surface area contributed by atoms with Crippen LogP contribution in [0, 0.1) is 0 Å². The first-order chi connectivity index (χ1) is 33.5. The van der Waals surface area contributed by atoms with Gasteiger partial charge in [0.1, 0.15) is 22.3 Å². The Balaban J connectivity index is 1.05. The minimum atomic E-state index is -0.0168. The highest BCUT2D eigenvalue weighted by molar-refractivity contribution is 6.13. The molecule has 12 rings (SSSR count). The molecule has 0 saturated heterocycles. The van der Waals surface area contributed by atoms with Gasteiger partial charge in [0.25, 0.3) is 0 Å². The summed E-state index contributed by atoms with van der Waals surface area (Å²) in [4.78, 5) is 2.43. The number of hydrogen-bond donors (Lipinski definition) is 0. The smallest absolute Gasteiger partial charge is 0.136 e. The molecule has 0 amide bonds. The predicted octanol–water partition coefficient (Wildman–Crippen LogP) is 19.4. The lowest BCUT2D eigenvalue weighted by Crippen LogP contribution is -2.16. The van der Waals surface area contributed by atoms with Crippen LogP contribution in [-0.2, 0) is 10.8 Å². The Morgan fingerprint density at radius 3 is 1.61 bits per heavy atom. The molecule has 0 aliphatic carbocycles. The molecule has 10 aromatic carbocycles. The van der Waals surface area contributed by atoms with Crippen molar-refractivity contribution in [3.63, 3.8) is 0 Å². The molecule has 0 spiro atoms. The van der Waals surface area contributed by atoms with Crippen molar-refractivity contribution >= 4 is 71.7 Å².